The predicted octanol–water partition coefficient (Wildman–Crippen LogP) is 5.77. The van der Waals surface area contributed by atoms with Crippen LogP contribution in [0.4, 0.5) is 5.13 Å². The van der Waals surface area contributed by atoms with Crippen molar-refractivity contribution in [3.05, 3.63) is 89.0 Å². The zero-order valence-electron chi connectivity index (χ0n) is 16.7. The Kier molecular flexibility index (Phi) is 5.32. The van der Waals surface area contributed by atoms with E-state index in [9.17, 15) is 4.79 Å². The molecule has 0 atom stereocenters. The summed E-state index contributed by atoms with van der Waals surface area (Å²) >= 11 is 1.51. The zero-order valence-corrected chi connectivity index (χ0v) is 17.5. The quantitative estimate of drug-likeness (QED) is 0.426. The molecule has 1 aromatic heterocycles. The van der Waals surface area contributed by atoms with Crippen LogP contribution in [-0.2, 0) is 6.54 Å². The second-order valence-corrected chi connectivity index (χ2v) is 8.02. The molecule has 4 rings (SSSR count). The Morgan fingerprint density at radius 3 is 2.52 bits per heavy atom. The first kappa shape index (κ1) is 19.2. The van der Waals surface area contributed by atoms with Crippen LogP contribution in [0.5, 0.6) is 5.75 Å². The van der Waals surface area contributed by atoms with Crippen molar-refractivity contribution in [2.45, 2.75) is 20.4 Å². The number of fused-ring (bicyclic) bond motifs is 1. The van der Waals surface area contributed by atoms with Gasteiger partial charge in [0.25, 0.3) is 5.91 Å². The van der Waals surface area contributed by atoms with Gasteiger partial charge in [-0.15, -0.1) is 0 Å². The van der Waals surface area contributed by atoms with Crippen LogP contribution in [0.1, 0.15) is 27.0 Å². The van der Waals surface area contributed by atoms with E-state index >= 15 is 0 Å². The molecule has 0 aliphatic rings. The molecule has 5 heteroatoms. The van der Waals surface area contributed by atoms with Gasteiger partial charge in [-0.05, 0) is 54.8 Å². The molecule has 29 heavy (non-hydrogen) atoms. The lowest BCUT2D eigenvalue weighted by atomic mass is 10.1. The Morgan fingerprint density at radius 1 is 1.00 bits per heavy atom. The number of nitrogens with zero attached hydrogens (tertiary/aromatic N) is 2. The fraction of sp³-hybridized carbons (Fsp3) is 0.167. The second-order valence-electron chi connectivity index (χ2n) is 7.01. The molecular weight excluding hydrogens is 380 g/mol. The van der Waals surface area contributed by atoms with Gasteiger partial charge in [0.1, 0.15) is 5.75 Å². The standard InChI is InChI=1S/C24H22N2O2S/c1-16-9-10-19(13-17(16)2)23(27)26(15-18-7-5-4-6-8-18)24-25-21-14-20(28-3)11-12-22(21)29-24/h4-14H,15H2,1-3H3. The van der Waals surface area contributed by atoms with E-state index in [1.165, 1.54) is 16.9 Å². The van der Waals surface area contributed by atoms with Crippen LogP contribution in [0.25, 0.3) is 10.2 Å². The highest BCUT2D eigenvalue weighted by Crippen LogP contribution is 2.33. The molecule has 4 nitrogen and oxygen atoms in total. The number of ether oxygens (including phenoxy) is 1. The van der Waals surface area contributed by atoms with Crippen molar-refractivity contribution in [3.63, 3.8) is 0 Å². The maximum Gasteiger partial charge on any atom is 0.260 e. The van der Waals surface area contributed by atoms with Gasteiger partial charge in [-0.1, -0.05) is 47.7 Å². The molecule has 0 aliphatic heterocycles. The number of hydrogen-bond acceptors (Lipinski definition) is 4. The molecule has 0 spiro atoms. The van der Waals surface area contributed by atoms with Gasteiger partial charge in [-0.2, -0.15) is 0 Å². The van der Waals surface area contributed by atoms with Crippen molar-refractivity contribution in [2.24, 2.45) is 0 Å². The number of carbonyl (C=O) groups is 1. The van der Waals surface area contributed by atoms with Crippen molar-refractivity contribution in [1.29, 1.82) is 0 Å². The van der Waals surface area contributed by atoms with Crippen LogP contribution in [0.2, 0.25) is 0 Å². The maximum absolute atomic E-state index is 13.5. The first-order valence-electron chi connectivity index (χ1n) is 9.43. The van der Waals surface area contributed by atoms with E-state index in [1.54, 1.807) is 12.0 Å². The van der Waals surface area contributed by atoms with Crippen LogP contribution in [0, 0.1) is 13.8 Å². The minimum Gasteiger partial charge on any atom is -0.497 e. The first-order chi connectivity index (χ1) is 14.0. The van der Waals surface area contributed by atoms with E-state index in [0.717, 1.165) is 27.1 Å². The Bertz CT molecular complexity index is 1170. The molecule has 146 valence electrons. The Hall–Kier alpha value is -3.18. The fourth-order valence-corrected chi connectivity index (χ4v) is 4.10. The highest BCUT2D eigenvalue weighted by Gasteiger charge is 2.22. The van der Waals surface area contributed by atoms with Crippen molar-refractivity contribution in [1.82, 2.24) is 4.98 Å². The Balaban J connectivity index is 1.77. The molecule has 0 radical (unpaired) electrons. The third-order valence-electron chi connectivity index (χ3n) is 5.00. The first-order valence-corrected chi connectivity index (χ1v) is 10.2. The van der Waals surface area contributed by atoms with E-state index in [-0.39, 0.29) is 5.91 Å². The van der Waals surface area contributed by atoms with E-state index in [2.05, 4.69) is 0 Å². The van der Waals surface area contributed by atoms with E-state index < -0.39 is 0 Å². The number of rotatable bonds is 5. The van der Waals surface area contributed by atoms with Gasteiger partial charge in [-0.25, -0.2) is 4.98 Å². The smallest absolute Gasteiger partial charge is 0.260 e. The van der Waals surface area contributed by atoms with Gasteiger partial charge in [0.05, 0.1) is 23.9 Å². The number of aromatic nitrogens is 1. The van der Waals surface area contributed by atoms with Crippen molar-refractivity contribution in [2.75, 3.05) is 12.0 Å². The molecule has 1 amide bonds. The summed E-state index contributed by atoms with van der Waals surface area (Å²) in [5.41, 5.74) is 4.82. The van der Waals surface area contributed by atoms with Crippen molar-refractivity contribution >= 4 is 32.6 Å². The lowest BCUT2D eigenvalue weighted by Gasteiger charge is -2.20. The average molecular weight is 403 g/mol. The normalized spacial score (nSPS) is 10.9. The van der Waals surface area contributed by atoms with Crippen LogP contribution in [-0.4, -0.2) is 18.0 Å². The number of anilines is 1. The molecule has 0 N–H and O–H groups in total. The summed E-state index contributed by atoms with van der Waals surface area (Å²) in [6, 6.07) is 21.6. The predicted molar refractivity (Wildman–Crippen MR) is 119 cm³/mol. The maximum atomic E-state index is 13.5. The second kappa shape index (κ2) is 8.05. The fourth-order valence-electron chi connectivity index (χ4n) is 3.16. The zero-order chi connectivity index (χ0) is 20.4. The summed E-state index contributed by atoms with van der Waals surface area (Å²) in [5.74, 6) is 0.701. The number of thiazole rings is 1. The third-order valence-corrected chi connectivity index (χ3v) is 6.06. The molecule has 1 heterocycles. The molecule has 0 saturated carbocycles. The van der Waals surface area contributed by atoms with Gasteiger partial charge in [0, 0.05) is 11.6 Å². The van der Waals surface area contributed by atoms with E-state index in [1.807, 2.05) is 80.6 Å². The van der Waals surface area contributed by atoms with Gasteiger partial charge < -0.3 is 4.74 Å². The van der Waals surface area contributed by atoms with Gasteiger partial charge in [-0.3, -0.25) is 9.69 Å². The molecule has 0 aliphatic carbocycles. The van der Waals surface area contributed by atoms with Crippen LogP contribution >= 0.6 is 11.3 Å². The summed E-state index contributed by atoms with van der Waals surface area (Å²) < 4.78 is 6.33. The summed E-state index contributed by atoms with van der Waals surface area (Å²) in [4.78, 5) is 20.0. The summed E-state index contributed by atoms with van der Waals surface area (Å²) in [7, 11) is 1.64. The molecule has 0 unspecified atom stereocenters. The highest BCUT2D eigenvalue weighted by atomic mass is 32.1. The van der Waals surface area contributed by atoms with Gasteiger partial charge in [0.2, 0.25) is 0 Å². The topological polar surface area (TPSA) is 42.4 Å². The number of benzene rings is 3. The van der Waals surface area contributed by atoms with Crippen molar-refractivity contribution < 1.29 is 9.53 Å². The highest BCUT2D eigenvalue weighted by molar-refractivity contribution is 7.22. The molecule has 0 fully saturated rings. The number of carbonyl (C=O) groups excluding carboxylic acids is 1. The van der Waals surface area contributed by atoms with E-state index in [4.69, 9.17) is 9.72 Å². The average Bonchev–Trinajstić information content (AvgIpc) is 3.17. The summed E-state index contributed by atoms with van der Waals surface area (Å²) in [6.45, 7) is 4.54. The number of aryl methyl sites for hydroxylation is 2. The number of amides is 1. The summed E-state index contributed by atoms with van der Waals surface area (Å²) in [5, 5.41) is 0.681. The van der Waals surface area contributed by atoms with Crippen LogP contribution in [0.3, 0.4) is 0 Å². The lowest BCUT2D eigenvalue weighted by molar-refractivity contribution is 0.0985. The van der Waals surface area contributed by atoms with Crippen LogP contribution < -0.4 is 9.64 Å². The molecular formula is C24H22N2O2S. The largest absolute Gasteiger partial charge is 0.497 e. The minimum atomic E-state index is -0.0528. The monoisotopic (exact) mass is 402 g/mol. The van der Waals surface area contributed by atoms with Crippen molar-refractivity contribution in [3.8, 4) is 5.75 Å². The number of methoxy groups -OCH3 is 1. The molecule has 3 aromatic carbocycles. The van der Waals surface area contributed by atoms with E-state index in [0.29, 0.717) is 17.2 Å². The van der Waals surface area contributed by atoms with Gasteiger partial charge in [0.15, 0.2) is 5.13 Å². The lowest BCUT2D eigenvalue weighted by Crippen LogP contribution is -2.30. The molecule has 4 aromatic rings. The van der Waals surface area contributed by atoms with Gasteiger partial charge >= 0.3 is 0 Å². The molecule has 0 bridgehead atoms. The third kappa shape index (κ3) is 4.00. The summed E-state index contributed by atoms with van der Waals surface area (Å²) in [6.07, 6.45) is 0. The van der Waals surface area contributed by atoms with Crippen LogP contribution in [0.15, 0.2) is 66.7 Å². The Morgan fingerprint density at radius 2 is 1.79 bits per heavy atom. The SMILES string of the molecule is COc1ccc2sc(N(Cc3ccccc3)C(=O)c3ccc(C)c(C)c3)nc2c1. The number of hydrogen-bond donors (Lipinski definition) is 0. The molecule has 0 saturated heterocycles. The Labute approximate surface area is 174 Å². The minimum absolute atomic E-state index is 0.0528.